The molecule has 0 aliphatic heterocycles. The number of rotatable bonds is 7. The SMILES string of the molecule is Cc1ccc(C(=O)Nc2cc(CNC(C)C)c(Cl)c(C(F)(F)F)c2)cc1-n1cc(-c2cnn(C)c2C)nn1. The van der Waals surface area contributed by atoms with Crippen molar-refractivity contribution in [3.8, 4) is 16.9 Å². The number of anilines is 1. The minimum absolute atomic E-state index is 0.00972. The highest BCUT2D eigenvalue weighted by Gasteiger charge is 2.35. The second kappa shape index (κ2) is 10.6. The van der Waals surface area contributed by atoms with Crippen LogP contribution in [0.15, 0.2) is 42.7 Å². The van der Waals surface area contributed by atoms with Gasteiger partial charge in [-0.2, -0.15) is 18.3 Å². The van der Waals surface area contributed by atoms with E-state index in [0.29, 0.717) is 11.4 Å². The molecule has 0 saturated carbocycles. The van der Waals surface area contributed by atoms with Crippen LogP contribution >= 0.6 is 11.6 Å². The summed E-state index contributed by atoms with van der Waals surface area (Å²) in [6, 6.07) is 7.26. The van der Waals surface area contributed by atoms with Crippen molar-refractivity contribution in [1.29, 1.82) is 0 Å². The summed E-state index contributed by atoms with van der Waals surface area (Å²) < 4.78 is 44.3. The van der Waals surface area contributed by atoms with Crippen molar-refractivity contribution in [3.05, 3.63) is 75.7 Å². The van der Waals surface area contributed by atoms with Crippen molar-refractivity contribution in [2.45, 2.75) is 46.5 Å². The van der Waals surface area contributed by atoms with E-state index in [0.717, 1.165) is 22.9 Å². The molecule has 38 heavy (non-hydrogen) atoms. The molecule has 4 aromatic rings. The summed E-state index contributed by atoms with van der Waals surface area (Å²) in [5.74, 6) is -0.576. The van der Waals surface area contributed by atoms with E-state index in [4.69, 9.17) is 11.6 Å². The minimum Gasteiger partial charge on any atom is -0.322 e. The van der Waals surface area contributed by atoms with Crippen molar-refractivity contribution in [2.75, 3.05) is 5.32 Å². The zero-order chi connectivity index (χ0) is 27.8. The predicted octanol–water partition coefficient (Wildman–Crippen LogP) is 5.71. The Hall–Kier alpha value is -3.70. The van der Waals surface area contributed by atoms with E-state index in [-0.39, 0.29) is 29.4 Å². The second-order valence-corrected chi connectivity index (χ2v) is 9.68. The lowest BCUT2D eigenvalue weighted by molar-refractivity contribution is -0.137. The van der Waals surface area contributed by atoms with E-state index in [2.05, 4.69) is 26.0 Å². The highest BCUT2D eigenvalue weighted by atomic mass is 35.5. The first-order valence-corrected chi connectivity index (χ1v) is 12.2. The number of carbonyl (C=O) groups is 1. The van der Waals surface area contributed by atoms with Gasteiger partial charge in [0, 0.05) is 42.1 Å². The average molecular weight is 546 g/mol. The summed E-state index contributed by atoms with van der Waals surface area (Å²) in [6.45, 7) is 7.63. The van der Waals surface area contributed by atoms with Crippen LogP contribution < -0.4 is 10.6 Å². The van der Waals surface area contributed by atoms with Crippen LogP contribution in [0.4, 0.5) is 18.9 Å². The van der Waals surface area contributed by atoms with Crippen molar-refractivity contribution in [1.82, 2.24) is 30.1 Å². The quantitative estimate of drug-likeness (QED) is 0.311. The van der Waals surface area contributed by atoms with Gasteiger partial charge in [-0.25, -0.2) is 4.68 Å². The number of alkyl halides is 3. The third-order valence-electron chi connectivity index (χ3n) is 6.13. The number of aromatic nitrogens is 5. The normalized spacial score (nSPS) is 11.8. The predicted molar refractivity (Wildman–Crippen MR) is 139 cm³/mol. The molecule has 0 aliphatic rings. The molecule has 1 amide bonds. The maximum absolute atomic E-state index is 13.7. The summed E-state index contributed by atoms with van der Waals surface area (Å²) in [6.07, 6.45) is -1.25. The molecule has 0 spiro atoms. The van der Waals surface area contributed by atoms with Gasteiger partial charge in [0.05, 0.1) is 28.7 Å². The Bertz CT molecular complexity index is 1490. The number of aryl methyl sites for hydroxylation is 2. The van der Waals surface area contributed by atoms with E-state index in [9.17, 15) is 18.0 Å². The van der Waals surface area contributed by atoms with Crippen LogP contribution in [-0.2, 0) is 19.8 Å². The molecule has 0 bridgehead atoms. The number of hydrogen-bond donors (Lipinski definition) is 2. The van der Waals surface area contributed by atoms with Gasteiger partial charge in [0.2, 0.25) is 0 Å². The molecule has 0 atom stereocenters. The van der Waals surface area contributed by atoms with Crippen LogP contribution in [0.5, 0.6) is 0 Å². The summed E-state index contributed by atoms with van der Waals surface area (Å²) in [5.41, 5.74) is 3.25. The first-order valence-electron chi connectivity index (χ1n) is 11.8. The van der Waals surface area contributed by atoms with Crippen LogP contribution in [0.2, 0.25) is 5.02 Å². The third kappa shape index (κ3) is 5.73. The number of amides is 1. The Morgan fingerprint density at radius 3 is 2.53 bits per heavy atom. The van der Waals surface area contributed by atoms with Crippen LogP contribution in [0.25, 0.3) is 16.9 Å². The molecule has 12 heteroatoms. The zero-order valence-corrected chi connectivity index (χ0v) is 22.2. The molecule has 2 aromatic heterocycles. The van der Waals surface area contributed by atoms with Crippen LogP contribution in [-0.4, -0.2) is 36.7 Å². The van der Waals surface area contributed by atoms with Crippen LogP contribution in [0, 0.1) is 13.8 Å². The summed E-state index contributed by atoms with van der Waals surface area (Å²) in [4.78, 5) is 13.1. The van der Waals surface area contributed by atoms with Gasteiger partial charge in [-0.3, -0.25) is 9.48 Å². The van der Waals surface area contributed by atoms with E-state index in [1.165, 1.54) is 6.07 Å². The van der Waals surface area contributed by atoms with Gasteiger partial charge in [0.1, 0.15) is 5.69 Å². The Balaban J connectivity index is 1.64. The molecule has 0 saturated heterocycles. The first-order chi connectivity index (χ1) is 17.8. The lowest BCUT2D eigenvalue weighted by Crippen LogP contribution is -2.23. The van der Waals surface area contributed by atoms with Crippen molar-refractivity contribution < 1.29 is 18.0 Å². The fourth-order valence-electron chi connectivity index (χ4n) is 3.86. The Kier molecular flexibility index (Phi) is 7.61. The van der Waals surface area contributed by atoms with Gasteiger partial charge in [0.25, 0.3) is 5.91 Å². The van der Waals surface area contributed by atoms with Crippen molar-refractivity contribution in [2.24, 2.45) is 7.05 Å². The molecular weight excluding hydrogens is 519 g/mol. The van der Waals surface area contributed by atoms with Gasteiger partial charge in [-0.1, -0.05) is 36.7 Å². The molecule has 2 N–H and O–H groups in total. The highest BCUT2D eigenvalue weighted by Crippen LogP contribution is 2.38. The largest absolute Gasteiger partial charge is 0.417 e. The Labute approximate surface area is 222 Å². The van der Waals surface area contributed by atoms with Gasteiger partial charge in [-0.05, 0) is 49.2 Å². The molecule has 0 aliphatic carbocycles. The topological polar surface area (TPSA) is 89.7 Å². The van der Waals surface area contributed by atoms with Gasteiger partial charge in [0.15, 0.2) is 0 Å². The number of carbonyl (C=O) groups excluding carboxylic acids is 1. The van der Waals surface area contributed by atoms with Gasteiger partial charge < -0.3 is 10.6 Å². The molecule has 0 fully saturated rings. The highest BCUT2D eigenvalue weighted by molar-refractivity contribution is 6.32. The Morgan fingerprint density at radius 1 is 1.16 bits per heavy atom. The number of hydrogen-bond acceptors (Lipinski definition) is 5. The molecular formula is C26H27ClF3N7O. The maximum atomic E-state index is 13.7. The number of nitrogens with one attached hydrogen (secondary N) is 2. The second-order valence-electron chi connectivity index (χ2n) is 9.30. The van der Waals surface area contributed by atoms with Gasteiger partial charge >= 0.3 is 6.18 Å². The number of halogens is 4. The molecule has 2 heterocycles. The Morgan fingerprint density at radius 2 is 1.89 bits per heavy atom. The van der Waals surface area contributed by atoms with E-state index in [1.54, 1.807) is 40.0 Å². The average Bonchev–Trinajstić information content (AvgIpc) is 3.45. The third-order valence-corrected chi connectivity index (χ3v) is 6.58. The number of benzene rings is 2. The molecule has 8 nitrogen and oxygen atoms in total. The zero-order valence-electron chi connectivity index (χ0n) is 21.5. The lowest BCUT2D eigenvalue weighted by atomic mass is 10.1. The van der Waals surface area contributed by atoms with Crippen molar-refractivity contribution >= 4 is 23.2 Å². The lowest BCUT2D eigenvalue weighted by Gasteiger charge is -2.17. The number of nitrogens with zero attached hydrogens (tertiary/aromatic N) is 5. The molecule has 0 unspecified atom stereocenters. The summed E-state index contributed by atoms with van der Waals surface area (Å²) in [7, 11) is 1.83. The first kappa shape index (κ1) is 27.3. The maximum Gasteiger partial charge on any atom is 0.417 e. The van der Waals surface area contributed by atoms with Crippen LogP contribution in [0.1, 0.15) is 46.6 Å². The minimum atomic E-state index is -4.68. The van der Waals surface area contributed by atoms with E-state index < -0.39 is 22.7 Å². The summed E-state index contributed by atoms with van der Waals surface area (Å²) in [5, 5.41) is 17.9. The molecule has 0 radical (unpaired) electrons. The fraction of sp³-hybridized carbons (Fsp3) is 0.308. The molecule has 4 rings (SSSR count). The van der Waals surface area contributed by atoms with E-state index in [1.807, 2.05) is 34.7 Å². The van der Waals surface area contributed by atoms with E-state index >= 15 is 0 Å². The van der Waals surface area contributed by atoms with Crippen molar-refractivity contribution in [3.63, 3.8) is 0 Å². The smallest absolute Gasteiger partial charge is 0.322 e. The summed E-state index contributed by atoms with van der Waals surface area (Å²) >= 11 is 6.07. The van der Waals surface area contributed by atoms with Gasteiger partial charge in [-0.15, -0.1) is 5.10 Å². The van der Waals surface area contributed by atoms with Crippen LogP contribution in [0.3, 0.4) is 0 Å². The monoisotopic (exact) mass is 545 g/mol. The molecule has 200 valence electrons. The standard InChI is InChI=1S/C26H27ClF3N7O/c1-14(2)31-11-18-8-19(10-21(24(18)27)26(28,29)30)33-25(38)17-7-6-15(3)23(9-17)37-13-22(34-35-37)20-12-32-36(5)16(20)4/h6-10,12-14,31H,11H2,1-5H3,(H,33,38). The molecule has 2 aromatic carbocycles. The fourth-order valence-corrected chi connectivity index (χ4v) is 4.14.